The maximum atomic E-state index is 2.46. The van der Waals surface area contributed by atoms with Crippen LogP contribution < -0.4 is 29.5 Å². The van der Waals surface area contributed by atoms with Crippen molar-refractivity contribution >= 4 is 18.5 Å². The van der Waals surface area contributed by atoms with Crippen LogP contribution in [-0.2, 0) is 0 Å². The predicted octanol–water partition coefficient (Wildman–Crippen LogP) is 2.26. The minimum Gasteiger partial charge on any atom is -0.311 e. The van der Waals surface area contributed by atoms with Crippen molar-refractivity contribution in [2.45, 2.75) is 27.7 Å². The Morgan fingerprint density at radius 3 is 1.62 bits per heavy atom. The van der Waals surface area contributed by atoms with E-state index in [1.54, 1.807) is 5.92 Å². The molecule has 0 spiro atoms. The van der Waals surface area contributed by atoms with Crippen LogP contribution in [0.1, 0.15) is 27.7 Å². The van der Waals surface area contributed by atoms with E-state index in [-0.39, 0.29) is 26.8 Å². The molecule has 0 heterocycles. The fourth-order valence-electron chi connectivity index (χ4n) is 4.10. The first-order valence-electron chi connectivity index (χ1n) is 8.80. The third-order valence-electron chi connectivity index (χ3n) is 6.07. The minimum atomic E-state index is -0.267. The van der Waals surface area contributed by atoms with Crippen LogP contribution in [0.2, 0.25) is 0 Å². The molecule has 0 aromatic heterocycles. The van der Waals surface area contributed by atoms with E-state index in [9.17, 15) is 0 Å². The van der Waals surface area contributed by atoms with Crippen molar-refractivity contribution < 1.29 is 18.9 Å². The van der Waals surface area contributed by atoms with Crippen molar-refractivity contribution in [2.24, 2.45) is 23.7 Å². The zero-order chi connectivity index (χ0) is 16.4. The van der Waals surface area contributed by atoms with E-state index < -0.39 is 0 Å². The molecule has 122 valence electrons. The predicted molar refractivity (Wildman–Crippen MR) is 104 cm³/mol. The quantitative estimate of drug-likeness (QED) is 0.458. The molecule has 1 saturated carbocycles. The van der Waals surface area contributed by atoms with Gasteiger partial charge in [-0.3, -0.25) is 0 Å². The van der Waals surface area contributed by atoms with Crippen LogP contribution in [0.4, 0.5) is 0 Å². The van der Waals surface area contributed by atoms with Crippen LogP contribution in [0, 0.1) is 29.6 Å². The largest absolute Gasteiger partial charge is 1.00 e. The monoisotopic (exact) mass is 330 g/mol. The second-order valence-electron chi connectivity index (χ2n) is 7.13. The van der Waals surface area contributed by atoms with E-state index in [1.165, 1.54) is 16.8 Å². The zero-order valence-corrected chi connectivity index (χ0v) is 16.6. The molecule has 0 N–H and O–H groups in total. The standard InChI is InChI=1S/C22H28P.Li/c1-16-17(2)19(4)22(18(16)3)15-23(20-11-7-5-8-12-20)21-13-9-6-10-14-21;/h5-14,16,18-19,22H,15H2,1-4H3;/q-1;+1. The van der Waals surface area contributed by atoms with Gasteiger partial charge in [-0.2, -0.15) is 18.8 Å². The number of hydrogen-bond donors (Lipinski definition) is 0. The number of hydrogen-bond acceptors (Lipinski definition) is 0. The Balaban J connectivity index is 0.00000208. The van der Waals surface area contributed by atoms with Crippen LogP contribution in [0.3, 0.4) is 0 Å². The second kappa shape index (κ2) is 8.72. The van der Waals surface area contributed by atoms with Gasteiger partial charge in [-0.05, 0) is 24.7 Å². The van der Waals surface area contributed by atoms with Gasteiger partial charge in [-0.15, -0.1) is 0 Å². The molecular weight excluding hydrogens is 302 g/mol. The van der Waals surface area contributed by atoms with Gasteiger partial charge in [0, 0.05) is 0 Å². The molecule has 2 aromatic carbocycles. The molecule has 4 atom stereocenters. The molecule has 2 aromatic rings. The third kappa shape index (κ3) is 3.99. The molecule has 0 radical (unpaired) electrons. The summed E-state index contributed by atoms with van der Waals surface area (Å²) in [5.41, 5.74) is 0. The summed E-state index contributed by atoms with van der Waals surface area (Å²) in [6.45, 7) is 9.71. The fourth-order valence-corrected chi connectivity index (χ4v) is 6.96. The second-order valence-corrected chi connectivity index (χ2v) is 9.38. The topological polar surface area (TPSA) is 0 Å². The number of rotatable bonds is 4. The Morgan fingerprint density at radius 2 is 1.25 bits per heavy atom. The van der Waals surface area contributed by atoms with Crippen molar-refractivity contribution in [3.05, 3.63) is 66.6 Å². The molecule has 0 nitrogen and oxygen atoms in total. The van der Waals surface area contributed by atoms with Crippen molar-refractivity contribution in [1.29, 1.82) is 0 Å². The average Bonchev–Trinajstić information content (AvgIpc) is 2.78. The smallest absolute Gasteiger partial charge is 0.311 e. The molecule has 2 heteroatoms. The van der Waals surface area contributed by atoms with Crippen LogP contribution in [0.25, 0.3) is 0 Å². The summed E-state index contributed by atoms with van der Waals surface area (Å²) in [4.78, 5) is 0. The van der Waals surface area contributed by atoms with Crippen LogP contribution in [-0.4, -0.2) is 6.16 Å². The van der Waals surface area contributed by atoms with Crippen LogP contribution >= 0.6 is 7.92 Å². The summed E-state index contributed by atoms with van der Waals surface area (Å²) in [5.74, 6) is 4.81. The molecule has 0 saturated heterocycles. The fraction of sp³-hybridized carbons (Fsp3) is 0.409. The molecular formula is C22H28LiP. The molecule has 0 aliphatic heterocycles. The molecule has 1 aliphatic rings. The van der Waals surface area contributed by atoms with Crippen molar-refractivity contribution in [2.75, 3.05) is 6.16 Å². The van der Waals surface area contributed by atoms with Gasteiger partial charge in [0.25, 0.3) is 0 Å². The maximum Gasteiger partial charge on any atom is 1.00 e. The van der Waals surface area contributed by atoms with E-state index >= 15 is 0 Å². The van der Waals surface area contributed by atoms with E-state index in [1.807, 2.05) is 0 Å². The Bertz CT molecular complexity index is 559. The van der Waals surface area contributed by atoms with Gasteiger partial charge in [0.05, 0.1) is 0 Å². The van der Waals surface area contributed by atoms with Gasteiger partial charge in [-0.25, -0.2) is 0 Å². The average molecular weight is 330 g/mol. The van der Waals surface area contributed by atoms with E-state index in [0.717, 1.165) is 23.7 Å². The maximum absolute atomic E-state index is 2.46. The zero-order valence-electron chi connectivity index (χ0n) is 15.7. The van der Waals surface area contributed by atoms with Crippen molar-refractivity contribution in [1.82, 2.24) is 0 Å². The first kappa shape index (κ1) is 19.8. The third-order valence-corrected chi connectivity index (χ3v) is 8.70. The van der Waals surface area contributed by atoms with Gasteiger partial charge < -0.3 is 5.92 Å². The van der Waals surface area contributed by atoms with Crippen molar-refractivity contribution in [3.63, 3.8) is 0 Å². The summed E-state index contributed by atoms with van der Waals surface area (Å²) < 4.78 is 0. The van der Waals surface area contributed by atoms with Gasteiger partial charge in [0.2, 0.25) is 0 Å². The Hall–Kier alpha value is -0.533. The van der Waals surface area contributed by atoms with Crippen LogP contribution in [0.5, 0.6) is 0 Å². The summed E-state index contributed by atoms with van der Waals surface area (Å²) in [5, 5.41) is 3.04. The molecule has 0 amide bonds. The van der Waals surface area contributed by atoms with Gasteiger partial charge >= 0.3 is 18.9 Å². The molecule has 1 fully saturated rings. The van der Waals surface area contributed by atoms with E-state index in [2.05, 4.69) is 88.4 Å². The summed E-state index contributed by atoms with van der Waals surface area (Å²) in [6, 6.07) is 22.3. The SMILES string of the molecule is C[C-]1C(C)C(C)C(CP(c2ccccc2)c2ccccc2)C1C.[Li+]. The molecule has 1 aliphatic carbocycles. The first-order chi connectivity index (χ1) is 11.1. The summed E-state index contributed by atoms with van der Waals surface area (Å²) in [6.07, 6.45) is 1.31. The van der Waals surface area contributed by atoms with E-state index in [4.69, 9.17) is 0 Å². The molecule has 3 rings (SSSR count). The number of benzene rings is 2. The van der Waals surface area contributed by atoms with E-state index in [0.29, 0.717) is 0 Å². The van der Waals surface area contributed by atoms with Crippen molar-refractivity contribution in [3.8, 4) is 0 Å². The summed E-state index contributed by atoms with van der Waals surface area (Å²) in [7, 11) is -0.267. The Kier molecular flexibility index (Phi) is 7.19. The van der Waals surface area contributed by atoms with Gasteiger partial charge in [0.15, 0.2) is 0 Å². The molecule has 24 heavy (non-hydrogen) atoms. The van der Waals surface area contributed by atoms with Gasteiger partial charge in [-0.1, -0.05) is 93.3 Å². The molecule has 0 bridgehead atoms. The Labute approximate surface area is 161 Å². The van der Waals surface area contributed by atoms with Gasteiger partial charge in [0.1, 0.15) is 0 Å². The Morgan fingerprint density at radius 1 is 0.792 bits per heavy atom. The normalized spacial score (nSPS) is 27.2. The first-order valence-corrected chi connectivity index (χ1v) is 10.3. The molecule has 4 unspecified atom stereocenters. The summed E-state index contributed by atoms with van der Waals surface area (Å²) >= 11 is 0. The minimum absolute atomic E-state index is 0. The van der Waals surface area contributed by atoms with Crippen LogP contribution in [0.15, 0.2) is 60.7 Å².